The fourth-order valence-corrected chi connectivity index (χ4v) is 3.78. The zero-order chi connectivity index (χ0) is 22.3. The van der Waals surface area contributed by atoms with Crippen molar-refractivity contribution in [3.8, 4) is 0 Å². The molecule has 1 aliphatic rings. The maximum Gasteiger partial charge on any atom is 0.279 e. The fourth-order valence-electron chi connectivity index (χ4n) is 3.78. The standard InChI is InChI=1S/C27H26N4O/c1-3-18-31-25-13-9-8-12-24(25)26(27(31)32)29-28-19-21-14-16-23(17-15-21)30(4-2)20-22-10-6-5-7-11-22/h3,5-17,19H,1,4,18,20H2,2H3/b28-19-,29-26-. The molecule has 0 saturated heterocycles. The van der Waals surface area contributed by atoms with E-state index >= 15 is 0 Å². The Bertz CT molecular complexity index is 1150. The lowest BCUT2D eigenvalue weighted by Gasteiger charge is -2.23. The van der Waals surface area contributed by atoms with Crippen molar-refractivity contribution in [3.05, 3.63) is 108 Å². The van der Waals surface area contributed by atoms with Crippen molar-refractivity contribution < 1.29 is 4.79 Å². The topological polar surface area (TPSA) is 48.3 Å². The molecule has 160 valence electrons. The molecule has 5 nitrogen and oxygen atoms in total. The number of fused-ring (bicyclic) bond motifs is 1. The van der Waals surface area contributed by atoms with Crippen molar-refractivity contribution in [2.45, 2.75) is 13.5 Å². The number of amides is 1. The molecule has 4 rings (SSSR count). The quantitative estimate of drug-likeness (QED) is 0.289. The summed E-state index contributed by atoms with van der Waals surface area (Å²) in [5.41, 5.74) is 5.36. The van der Waals surface area contributed by atoms with Crippen LogP contribution in [0.5, 0.6) is 0 Å². The number of nitrogens with zero attached hydrogens (tertiary/aromatic N) is 4. The lowest BCUT2D eigenvalue weighted by Crippen LogP contribution is -2.30. The molecule has 0 atom stereocenters. The van der Waals surface area contributed by atoms with E-state index in [0.29, 0.717) is 12.3 Å². The predicted octanol–water partition coefficient (Wildman–Crippen LogP) is 5.07. The summed E-state index contributed by atoms with van der Waals surface area (Å²) in [5, 5.41) is 8.46. The van der Waals surface area contributed by atoms with E-state index in [1.54, 1.807) is 17.2 Å². The van der Waals surface area contributed by atoms with Crippen LogP contribution >= 0.6 is 0 Å². The Balaban J connectivity index is 1.49. The van der Waals surface area contributed by atoms with E-state index in [0.717, 1.165) is 35.6 Å². The molecule has 0 saturated carbocycles. The van der Waals surface area contributed by atoms with E-state index in [-0.39, 0.29) is 5.91 Å². The molecule has 0 N–H and O–H groups in total. The Morgan fingerprint density at radius 3 is 2.41 bits per heavy atom. The molecule has 0 unspecified atom stereocenters. The van der Waals surface area contributed by atoms with Crippen LogP contribution in [0.2, 0.25) is 0 Å². The molecule has 0 aliphatic carbocycles. The van der Waals surface area contributed by atoms with Crippen molar-refractivity contribution in [1.29, 1.82) is 0 Å². The van der Waals surface area contributed by atoms with E-state index in [2.05, 4.69) is 65.0 Å². The number of para-hydroxylation sites is 1. The van der Waals surface area contributed by atoms with Gasteiger partial charge in [-0.15, -0.1) is 11.7 Å². The highest BCUT2D eigenvalue weighted by Crippen LogP contribution is 2.29. The van der Waals surface area contributed by atoms with Gasteiger partial charge in [-0.3, -0.25) is 4.79 Å². The largest absolute Gasteiger partial charge is 0.367 e. The van der Waals surface area contributed by atoms with Gasteiger partial charge in [-0.1, -0.05) is 66.7 Å². The maximum atomic E-state index is 12.8. The fraction of sp³-hybridized carbons (Fsp3) is 0.148. The van der Waals surface area contributed by atoms with Gasteiger partial charge in [0, 0.05) is 30.9 Å². The molecule has 0 fully saturated rings. The molecule has 0 bridgehead atoms. The number of carbonyl (C=O) groups is 1. The van der Waals surface area contributed by atoms with Crippen molar-refractivity contribution in [2.24, 2.45) is 10.2 Å². The minimum absolute atomic E-state index is 0.155. The lowest BCUT2D eigenvalue weighted by molar-refractivity contribution is -0.112. The highest BCUT2D eigenvalue weighted by molar-refractivity contribution is 6.54. The summed E-state index contributed by atoms with van der Waals surface area (Å²) < 4.78 is 0. The zero-order valence-electron chi connectivity index (χ0n) is 18.2. The van der Waals surface area contributed by atoms with Gasteiger partial charge in [0.05, 0.1) is 11.9 Å². The Kier molecular flexibility index (Phi) is 6.56. The first-order valence-corrected chi connectivity index (χ1v) is 10.7. The summed E-state index contributed by atoms with van der Waals surface area (Å²) in [6.45, 7) is 8.11. The lowest BCUT2D eigenvalue weighted by atomic mass is 10.1. The van der Waals surface area contributed by atoms with Gasteiger partial charge in [0.15, 0.2) is 5.71 Å². The summed E-state index contributed by atoms with van der Waals surface area (Å²) in [6.07, 6.45) is 3.39. The van der Waals surface area contributed by atoms with Crippen LogP contribution in [0.25, 0.3) is 0 Å². The second-order valence-electron chi connectivity index (χ2n) is 7.51. The number of rotatable bonds is 8. The average molecular weight is 423 g/mol. The molecule has 3 aromatic carbocycles. The smallest absolute Gasteiger partial charge is 0.279 e. The van der Waals surface area contributed by atoms with Crippen LogP contribution < -0.4 is 9.80 Å². The number of benzene rings is 3. The summed E-state index contributed by atoms with van der Waals surface area (Å²) in [4.78, 5) is 16.7. The minimum Gasteiger partial charge on any atom is -0.367 e. The Hall–Kier alpha value is -3.99. The number of hydrogen-bond acceptors (Lipinski definition) is 4. The third-order valence-electron chi connectivity index (χ3n) is 5.43. The third-order valence-corrected chi connectivity index (χ3v) is 5.43. The van der Waals surface area contributed by atoms with Gasteiger partial charge < -0.3 is 9.80 Å². The SMILES string of the molecule is C=CCN1C(=O)/C(=N\N=C/c2ccc(N(CC)Cc3ccccc3)cc2)c2ccccc21. The minimum atomic E-state index is -0.155. The zero-order valence-corrected chi connectivity index (χ0v) is 18.2. The molecule has 1 amide bonds. The monoisotopic (exact) mass is 422 g/mol. The van der Waals surface area contributed by atoms with Crippen LogP contribution in [-0.4, -0.2) is 30.9 Å². The normalized spacial score (nSPS) is 14.2. The van der Waals surface area contributed by atoms with Crippen molar-refractivity contribution in [2.75, 3.05) is 22.9 Å². The van der Waals surface area contributed by atoms with Crippen molar-refractivity contribution in [3.63, 3.8) is 0 Å². The van der Waals surface area contributed by atoms with E-state index < -0.39 is 0 Å². The van der Waals surface area contributed by atoms with Crippen molar-refractivity contribution >= 4 is 29.2 Å². The first-order chi connectivity index (χ1) is 15.7. The van der Waals surface area contributed by atoms with Crippen LogP contribution in [-0.2, 0) is 11.3 Å². The Morgan fingerprint density at radius 2 is 1.69 bits per heavy atom. The van der Waals surface area contributed by atoms with Gasteiger partial charge >= 0.3 is 0 Å². The molecule has 0 spiro atoms. The van der Waals surface area contributed by atoms with Crippen LogP contribution in [0, 0.1) is 0 Å². The first kappa shape index (κ1) is 21.2. The molecule has 32 heavy (non-hydrogen) atoms. The molecular formula is C27H26N4O. The average Bonchev–Trinajstić information content (AvgIpc) is 3.10. The van der Waals surface area contributed by atoms with Gasteiger partial charge in [-0.25, -0.2) is 0 Å². The van der Waals surface area contributed by atoms with Crippen LogP contribution in [0.15, 0.2) is 102 Å². The molecule has 5 heteroatoms. The second-order valence-corrected chi connectivity index (χ2v) is 7.51. The predicted molar refractivity (Wildman–Crippen MR) is 133 cm³/mol. The summed E-state index contributed by atoms with van der Waals surface area (Å²) in [7, 11) is 0. The molecule has 0 radical (unpaired) electrons. The molecule has 3 aromatic rings. The van der Waals surface area contributed by atoms with Crippen LogP contribution in [0.4, 0.5) is 11.4 Å². The van der Waals surface area contributed by atoms with Gasteiger partial charge in [0.2, 0.25) is 0 Å². The second kappa shape index (κ2) is 9.88. The van der Waals surface area contributed by atoms with E-state index in [1.165, 1.54) is 5.56 Å². The molecule has 1 heterocycles. The first-order valence-electron chi connectivity index (χ1n) is 10.7. The maximum absolute atomic E-state index is 12.8. The highest BCUT2D eigenvalue weighted by atomic mass is 16.2. The van der Waals surface area contributed by atoms with Crippen LogP contribution in [0.3, 0.4) is 0 Å². The number of carbonyl (C=O) groups excluding carboxylic acids is 1. The van der Waals surface area contributed by atoms with E-state index in [1.807, 2.05) is 42.5 Å². The van der Waals surface area contributed by atoms with Gasteiger partial charge in [0.25, 0.3) is 5.91 Å². The summed E-state index contributed by atoms with van der Waals surface area (Å²) >= 11 is 0. The third kappa shape index (κ3) is 4.52. The molecule has 1 aliphatic heterocycles. The Morgan fingerprint density at radius 1 is 0.969 bits per heavy atom. The summed E-state index contributed by atoms with van der Waals surface area (Å²) in [5.74, 6) is -0.155. The Labute approximate surface area is 189 Å². The van der Waals surface area contributed by atoms with Gasteiger partial charge in [0.1, 0.15) is 0 Å². The number of anilines is 2. The van der Waals surface area contributed by atoms with E-state index in [4.69, 9.17) is 0 Å². The molecular weight excluding hydrogens is 396 g/mol. The van der Waals surface area contributed by atoms with Crippen molar-refractivity contribution in [1.82, 2.24) is 0 Å². The van der Waals surface area contributed by atoms with Gasteiger partial charge in [-0.05, 0) is 36.2 Å². The van der Waals surface area contributed by atoms with Gasteiger partial charge in [-0.2, -0.15) is 5.10 Å². The van der Waals surface area contributed by atoms with E-state index in [9.17, 15) is 4.79 Å². The molecule has 0 aromatic heterocycles. The highest BCUT2D eigenvalue weighted by Gasteiger charge is 2.32. The number of hydrogen-bond donors (Lipinski definition) is 0. The van der Waals surface area contributed by atoms with Crippen LogP contribution in [0.1, 0.15) is 23.6 Å². The summed E-state index contributed by atoms with van der Waals surface area (Å²) in [6, 6.07) is 26.3.